The summed E-state index contributed by atoms with van der Waals surface area (Å²) in [6, 6.07) is 7.42. The largest absolute Gasteiger partial charge is 0.285 e. The van der Waals surface area contributed by atoms with Gasteiger partial charge in [-0.15, -0.1) is 0 Å². The maximum Gasteiger partial charge on any atom is 0.285 e. The highest BCUT2D eigenvalue weighted by Crippen LogP contribution is 2.21. The van der Waals surface area contributed by atoms with Crippen LogP contribution in [0.25, 0.3) is 0 Å². The molecule has 0 aliphatic carbocycles. The third kappa shape index (κ3) is 2.14. The lowest BCUT2D eigenvalue weighted by Crippen LogP contribution is -2.00. The number of nitro benzene ring substituents is 1. The molecule has 1 atom stereocenters. The van der Waals surface area contributed by atoms with Gasteiger partial charge in [-0.1, -0.05) is 12.1 Å². The van der Waals surface area contributed by atoms with Crippen molar-refractivity contribution in [1.82, 2.24) is 0 Å². The lowest BCUT2D eigenvalue weighted by Gasteiger charge is -1.98. The monoisotopic (exact) mass is 210 g/mol. The molecule has 14 heavy (non-hydrogen) atoms. The topological polar surface area (TPSA) is 84.0 Å². The van der Waals surface area contributed by atoms with Crippen LogP contribution in [0.1, 0.15) is 0 Å². The van der Waals surface area contributed by atoms with E-state index < -0.39 is 15.7 Å². The predicted molar refractivity (Wildman–Crippen MR) is 50.0 cm³/mol. The Balaban J connectivity index is 3.15. The SMILES string of the molecule is N#CC[S@@](=O)c1ccccc1[N+](=O)[O-]. The van der Waals surface area contributed by atoms with Crippen LogP contribution < -0.4 is 0 Å². The van der Waals surface area contributed by atoms with Crippen LogP contribution in [0.4, 0.5) is 5.69 Å². The molecule has 0 aliphatic rings. The molecule has 0 aliphatic heterocycles. The zero-order chi connectivity index (χ0) is 10.6. The first-order chi connectivity index (χ1) is 6.66. The molecule has 0 heterocycles. The zero-order valence-corrected chi connectivity index (χ0v) is 7.86. The van der Waals surface area contributed by atoms with E-state index in [9.17, 15) is 14.3 Å². The molecule has 5 nitrogen and oxygen atoms in total. The van der Waals surface area contributed by atoms with Gasteiger partial charge < -0.3 is 0 Å². The minimum absolute atomic E-state index is 0.0963. The van der Waals surface area contributed by atoms with E-state index in [1.165, 1.54) is 18.2 Å². The van der Waals surface area contributed by atoms with Crippen molar-refractivity contribution in [2.75, 3.05) is 5.75 Å². The minimum Gasteiger partial charge on any atom is -0.258 e. The molecule has 0 unspecified atom stereocenters. The van der Waals surface area contributed by atoms with Gasteiger partial charge in [-0.25, -0.2) is 0 Å². The van der Waals surface area contributed by atoms with Crippen LogP contribution in [0.5, 0.6) is 0 Å². The molecule has 0 aromatic heterocycles. The van der Waals surface area contributed by atoms with Gasteiger partial charge in [-0.05, 0) is 6.07 Å². The van der Waals surface area contributed by atoms with Crippen molar-refractivity contribution in [3.8, 4) is 6.07 Å². The van der Waals surface area contributed by atoms with Gasteiger partial charge in [0.05, 0.1) is 21.8 Å². The first-order valence-electron chi connectivity index (χ1n) is 3.65. The van der Waals surface area contributed by atoms with Crippen molar-refractivity contribution in [2.24, 2.45) is 0 Å². The third-order valence-corrected chi connectivity index (χ3v) is 2.73. The second-order valence-corrected chi connectivity index (χ2v) is 3.79. The van der Waals surface area contributed by atoms with Gasteiger partial charge in [0.15, 0.2) is 0 Å². The normalized spacial score (nSPS) is 11.6. The summed E-state index contributed by atoms with van der Waals surface area (Å²) in [6.07, 6.45) is 0. The fourth-order valence-electron chi connectivity index (χ4n) is 0.937. The third-order valence-electron chi connectivity index (χ3n) is 1.50. The molecule has 1 rings (SSSR count). The maximum atomic E-state index is 11.4. The number of benzene rings is 1. The van der Waals surface area contributed by atoms with Gasteiger partial charge in [-0.2, -0.15) is 5.26 Å². The van der Waals surface area contributed by atoms with Gasteiger partial charge in [0, 0.05) is 6.07 Å². The highest BCUT2D eigenvalue weighted by Gasteiger charge is 2.17. The van der Waals surface area contributed by atoms with Crippen LogP contribution in [-0.2, 0) is 10.8 Å². The van der Waals surface area contributed by atoms with Crippen LogP contribution in [0.2, 0.25) is 0 Å². The zero-order valence-electron chi connectivity index (χ0n) is 7.04. The summed E-state index contributed by atoms with van der Waals surface area (Å²) >= 11 is 0. The van der Waals surface area contributed by atoms with Crippen LogP contribution in [-0.4, -0.2) is 14.9 Å². The van der Waals surface area contributed by atoms with Gasteiger partial charge in [-0.3, -0.25) is 14.3 Å². The molecule has 0 radical (unpaired) electrons. The fraction of sp³-hybridized carbons (Fsp3) is 0.125. The minimum atomic E-state index is -1.62. The summed E-state index contributed by atoms with van der Waals surface area (Å²) in [7, 11) is -1.62. The second-order valence-electron chi connectivity index (χ2n) is 2.37. The second kappa shape index (κ2) is 4.48. The number of nitro groups is 1. The van der Waals surface area contributed by atoms with Gasteiger partial charge in [0.25, 0.3) is 5.69 Å². The molecule has 0 saturated carbocycles. The molecule has 6 heteroatoms. The van der Waals surface area contributed by atoms with Crippen LogP contribution in [0.15, 0.2) is 29.2 Å². The van der Waals surface area contributed by atoms with E-state index in [0.29, 0.717) is 0 Å². The van der Waals surface area contributed by atoms with Crippen molar-refractivity contribution >= 4 is 16.5 Å². The summed E-state index contributed by atoms with van der Waals surface area (Å²) in [5, 5.41) is 18.8. The van der Waals surface area contributed by atoms with E-state index in [1.54, 1.807) is 12.1 Å². The Bertz CT molecular complexity index is 425. The summed E-state index contributed by atoms with van der Waals surface area (Å²) in [5.74, 6) is -0.231. The average Bonchev–Trinajstić information content (AvgIpc) is 2.18. The standard InChI is InChI=1S/C8H6N2O3S/c9-5-6-14(13)8-4-2-1-3-7(8)10(11)12/h1-4H,6H2/t14-/m1/s1. The lowest BCUT2D eigenvalue weighted by molar-refractivity contribution is -0.387. The van der Waals surface area contributed by atoms with E-state index in [0.717, 1.165) is 0 Å². The summed E-state index contributed by atoms with van der Waals surface area (Å²) in [5.41, 5.74) is -0.207. The van der Waals surface area contributed by atoms with Gasteiger partial charge in [0.1, 0.15) is 10.6 Å². The van der Waals surface area contributed by atoms with Crippen molar-refractivity contribution in [3.63, 3.8) is 0 Å². The van der Waals surface area contributed by atoms with E-state index in [4.69, 9.17) is 5.26 Å². The molecule has 0 N–H and O–H groups in total. The van der Waals surface area contributed by atoms with Crippen molar-refractivity contribution in [3.05, 3.63) is 34.4 Å². The number of hydrogen-bond acceptors (Lipinski definition) is 4. The van der Waals surface area contributed by atoms with Gasteiger partial charge in [0.2, 0.25) is 0 Å². The quantitative estimate of drug-likeness (QED) is 0.554. The van der Waals surface area contributed by atoms with E-state index >= 15 is 0 Å². The summed E-state index contributed by atoms with van der Waals surface area (Å²) in [6.45, 7) is 0. The summed E-state index contributed by atoms with van der Waals surface area (Å²) < 4.78 is 11.4. The smallest absolute Gasteiger partial charge is 0.258 e. The average molecular weight is 210 g/mol. The maximum absolute atomic E-state index is 11.4. The first kappa shape index (κ1) is 10.3. The Morgan fingerprint density at radius 1 is 1.50 bits per heavy atom. The Morgan fingerprint density at radius 2 is 2.14 bits per heavy atom. The number of rotatable bonds is 3. The highest BCUT2D eigenvalue weighted by atomic mass is 32.2. The molecule has 0 amide bonds. The first-order valence-corrected chi connectivity index (χ1v) is 4.97. The fourth-order valence-corrected chi connectivity index (χ4v) is 1.82. The van der Waals surface area contributed by atoms with E-state index in [1.807, 2.05) is 0 Å². The number of hydrogen-bond donors (Lipinski definition) is 0. The van der Waals surface area contributed by atoms with Crippen molar-refractivity contribution in [2.45, 2.75) is 4.90 Å². The van der Waals surface area contributed by atoms with Crippen LogP contribution in [0, 0.1) is 21.4 Å². The lowest BCUT2D eigenvalue weighted by atomic mass is 10.3. The molecule has 0 fully saturated rings. The van der Waals surface area contributed by atoms with Gasteiger partial charge >= 0.3 is 0 Å². The molecule has 1 aromatic rings. The highest BCUT2D eigenvalue weighted by molar-refractivity contribution is 7.85. The number of nitriles is 1. The molecule has 0 bridgehead atoms. The Morgan fingerprint density at radius 3 is 2.71 bits per heavy atom. The molecule has 0 spiro atoms. The molecule has 0 saturated heterocycles. The summed E-state index contributed by atoms with van der Waals surface area (Å²) in [4.78, 5) is 10.0. The predicted octanol–water partition coefficient (Wildman–Crippen LogP) is 1.23. The van der Waals surface area contributed by atoms with Crippen molar-refractivity contribution in [1.29, 1.82) is 5.26 Å². The van der Waals surface area contributed by atoms with E-state index in [-0.39, 0.29) is 16.3 Å². The number of para-hydroxylation sites is 1. The Hall–Kier alpha value is -1.74. The molecule has 72 valence electrons. The van der Waals surface area contributed by atoms with E-state index in [2.05, 4.69) is 0 Å². The van der Waals surface area contributed by atoms with Crippen LogP contribution in [0.3, 0.4) is 0 Å². The molecule has 1 aromatic carbocycles. The molecular weight excluding hydrogens is 204 g/mol. The Kier molecular flexibility index (Phi) is 3.31. The Labute approximate surface area is 82.6 Å². The number of nitrogens with zero attached hydrogens (tertiary/aromatic N) is 2. The molecular formula is C8H6N2O3S. The van der Waals surface area contributed by atoms with Crippen LogP contribution >= 0.6 is 0 Å². The van der Waals surface area contributed by atoms with Crippen molar-refractivity contribution < 1.29 is 9.13 Å².